The highest BCUT2D eigenvalue weighted by molar-refractivity contribution is 6.05. The second-order valence-corrected chi connectivity index (χ2v) is 5.11. The standard InChI is InChI=1S/C20H15NO3/c22-14-15-10-12-16(13-11-15)20(23)21-18-8-4-5-9-19(18)24-17-6-2-1-3-7-17/h1-14H,(H,21,23). The van der Waals surface area contributed by atoms with E-state index in [1.165, 1.54) is 0 Å². The normalized spacial score (nSPS) is 10.0. The van der Waals surface area contributed by atoms with Crippen molar-refractivity contribution in [2.24, 2.45) is 0 Å². The third-order valence-corrected chi connectivity index (χ3v) is 3.42. The molecule has 0 aromatic heterocycles. The van der Waals surface area contributed by atoms with E-state index in [1.54, 1.807) is 36.4 Å². The Morgan fingerprint density at radius 3 is 2.21 bits per heavy atom. The van der Waals surface area contributed by atoms with Crippen molar-refractivity contribution in [1.29, 1.82) is 0 Å². The largest absolute Gasteiger partial charge is 0.455 e. The van der Waals surface area contributed by atoms with Crippen molar-refractivity contribution in [3.63, 3.8) is 0 Å². The number of amides is 1. The summed E-state index contributed by atoms with van der Waals surface area (Å²) in [5.41, 5.74) is 1.57. The molecule has 24 heavy (non-hydrogen) atoms. The summed E-state index contributed by atoms with van der Waals surface area (Å²) in [6.07, 6.45) is 0.741. The highest BCUT2D eigenvalue weighted by Crippen LogP contribution is 2.29. The highest BCUT2D eigenvalue weighted by atomic mass is 16.5. The molecule has 0 fully saturated rings. The number of benzene rings is 3. The molecule has 1 N–H and O–H groups in total. The lowest BCUT2D eigenvalue weighted by Crippen LogP contribution is -2.12. The Morgan fingerprint density at radius 1 is 0.833 bits per heavy atom. The van der Waals surface area contributed by atoms with Crippen molar-refractivity contribution >= 4 is 17.9 Å². The Hall–Kier alpha value is -3.40. The van der Waals surface area contributed by atoms with Gasteiger partial charge in [0.25, 0.3) is 5.91 Å². The number of anilines is 1. The molecule has 0 bridgehead atoms. The SMILES string of the molecule is O=Cc1ccc(C(=O)Nc2ccccc2Oc2ccccc2)cc1. The minimum Gasteiger partial charge on any atom is -0.455 e. The molecule has 4 heteroatoms. The maximum Gasteiger partial charge on any atom is 0.255 e. The van der Waals surface area contributed by atoms with Gasteiger partial charge in [0.2, 0.25) is 0 Å². The summed E-state index contributed by atoms with van der Waals surface area (Å²) in [6, 6.07) is 23.0. The Bertz CT molecular complexity index is 842. The fourth-order valence-electron chi connectivity index (χ4n) is 2.18. The third kappa shape index (κ3) is 3.67. The van der Waals surface area contributed by atoms with Crippen LogP contribution in [-0.4, -0.2) is 12.2 Å². The molecule has 0 aliphatic rings. The van der Waals surface area contributed by atoms with Gasteiger partial charge in [0.1, 0.15) is 12.0 Å². The van der Waals surface area contributed by atoms with Gasteiger partial charge in [0, 0.05) is 11.1 Å². The zero-order chi connectivity index (χ0) is 16.8. The molecule has 4 nitrogen and oxygen atoms in total. The second-order valence-electron chi connectivity index (χ2n) is 5.11. The predicted molar refractivity (Wildman–Crippen MR) is 92.7 cm³/mol. The molecule has 0 spiro atoms. The van der Waals surface area contributed by atoms with E-state index in [1.807, 2.05) is 42.5 Å². The van der Waals surface area contributed by atoms with E-state index < -0.39 is 0 Å². The minimum atomic E-state index is -0.267. The van der Waals surface area contributed by atoms with E-state index in [4.69, 9.17) is 4.74 Å². The first kappa shape index (κ1) is 15.5. The molecular formula is C20H15NO3. The van der Waals surface area contributed by atoms with Gasteiger partial charge in [-0.05, 0) is 36.4 Å². The van der Waals surface area contributed by atoms with Crippen molar-refractivity contribution in [3.8, 4) is 11.5 Å². The Balaban J connectivity index is 1.79. The minimum absolute atomic E-state index is 0.267. The van der Waals surface area contributed by atoms with Crippen LogP contribution in [0.4, 0.5) is 5.69 Å². The number of ether oxygens (including phenoxy) is 1. The number of aldehydes is 1. The van der Waals surface area contributed by atoms with Crippen LogP contribution in [0.15, 0.2) is 78.9 Å². The molecule has 3 aromatic carbocycles. The van der Waals surface area contributed by atoms with Gasteiger partial charge >= 0.3 is 0 Å². The van der Waals surface area contributed by atoms with Crippen LogP contribution >= 0.6 is 0 Å². The average Bonchev–Trinajstić information content (AvgIpc) is 2.64. The van der Waals surface area contributed by atoms with Crippen LogP contribution < -0.4 is 10.1 Å². The van der Waals surface area contributed by atoms with E-state index in [9.17, 15) is 9.59 Å². The number of carbonyl (C=O) groups is 2. The first-order chi connectivity index (χ1) is 11.8. The van der Waals surface area contributed by atoms with Crippen molar-refractivity contribution in [2.45, 2.75) is 0 Å². The van der Waals surface area contributed by atoms with Gasteiger partial charge in [0.05, 0.1) is 5.69 Å². The van der Waals surface area contributed by atoms with E-state index in [0.717, 1.165) is 6.29 Å². The lowest BCUT2D eigenvalue weighted by atomic mass is 10.1. The maximum atomic E-state index is 12.4. The number of rotatable bonds is 5. The monoisotopic (exact) mass is 317 g/mol. The summed E-state index contributed by atoms with van der Waals surface area (Å²) in [6.45, 7) is 0. The quantitative estimate of drug-likeness (QED) is 0.703. The van der Waals surface area contributed by atoms with Gasteiger partial charge in [-0.15, -0.1) is 0 Å². The molecule has 3 rings (SSSR count). The summed E-state index contributed by atoms with van der Waals surface area (Å²) < 4.78 is 5.82. The molecule has 0 aliphatic carbocycles. The van der Waals surface area contributed by atoms with Gasteiger partial charge in [-0.1, -0.05) is 42.5 Å². The van der Waals surface area contributed by atoms with Gasteiger partial charge < -0.3 is 10.1 Å². The Labute approximate surface area is 139 Å². The van der Waals surface area contributed by atoms with Crippen LogP contribution in [0.2, 0.25) is 0 Å². The maximum absolute atomic E-state index is 12.4. The molecule has 118 valence electrons. The van der Waals surface area contributed by atoms with Crippen LogP contribution in [-0.2, 0) is 0 Å². The van der Waals surface area contributed by atoms with E-state index in [2.05, 4.69) is 5.32 Å². The molecule has 0 saturated heterocycles. The summed E-state index contributed by atoms with van der Waals surface area (Å²) in [7, 11) is 0. The van der Waals surface area contributed by atoms with E-state index >= 15 is 0 Å². The summed E-state index contributed by atoms with van der Waals surface area (Å²) in [5.74, 6) is 0.979. The number of hydrogen-bond donors (Lipinski definition) is 1. The molecule has 3 aromatic rings. The molecule has 0 radical (unpaired) electrons. The van der Waals surface area contributed by atoms with Gasteiger partial charge in [-0.2, -0.15) is 0 Å². The van der Waals surface area contributed by atoms with Crippen LogP contribution in [0.5, 0.6) is 11.5 Å². The molecule has 0 unspecified atom stereocenters. The summed E-state index contributed by atoms with van der Waals surface area (Å²) in [4.78, 5) is 23.0. The van der Waals surface area contributed by atoms with Crippen molar-refractivity contribution in [1.82, 2.24) is 0 Å². The Morgan fingerprint density at radius 2 is 1.50 bits per heavy atom. The summed E-state index contributed by atoms with van der Waals surface area (Å²) >= 11 is 0. The van der Waals surface area contributed by atoms with Gasteiger partial charge in [-0.3, -0.25) is 9.59 Å². The zero-order valence-corrected chi connectivity index (χ0v) is 12.8. The molecule has 0 aliphatic heterocycles. The zero-order valence-electron chi connectivity index (χ0n) is 12.8. The smallest absolute Gasteiger partial charge is 0.255 e. The van der Waals surface area contributed by atoms with Crippen molar-refractivity contribution in [2.75, 3.05) is 5.32 Å². The van der Waals surface area contributed by atoms with Gasteiger partial charge in [0.15, 0.2) is 5.75 Å². The number of para-hydroxylation sites is 3. The number of carbonyl (C=O) groups excluding carboxylic acids is 2. The molecule has 1 amide bonds. The Kier molecular flexibility index (Phi) is 4.68. The van der Waals surface area contributed by atoms with Crippen LogP contribution in [0.3, 0.4) is 0 Å². The van der Waals surface area contributed by atoms with Crippen LogP contribution in [0.1, 0.15) is 20.7 Å². The number of hydrogen-bond acceptors (Lipinski definition) is 3. The number of nitrogens with one attached hydrogen (secondary N) is 1. The van der Waals surface area contributed by atoms with Crippen molar-refractivity contribution in [3.05, 3.63) is 90.0 Å². The first-order valence-corrected chi connectivity index (χ1v) is 7.45. The van der Waals surface area contributed by atoms with E-state index in [-0.39, 0.29) is 5.91 Å². The lowest BCUT2D eigenvalue weighted by molar-refractivity contribution is 0.102. The highest BCUT2D eigenvalue weighted by Gasteiger charge is 2.10. The average molecular weight is 317 g/mol. The summed E-state index contributed by atoms with van der Waals surface area (Å²) in [5, 5.41) is 2.83. The molecular weight excluding hydrogens is 302 g/mol. The molecule has 0 saturated carbocycles. The van der Waals surface area contributed by atoms with Crippen molar-refractivity contribution < 1.29 is 14.3 Å². The van der Waals surface area contributed by atoms with Crippen LogP contribution in [0, 0.1) is 0 Å². The molecule has 0 heterocycles. The lowest BCUT2D eigenvalue weighted by Gasteiger charge is -2.12. The second kappa shape index (κ2) is 7.24. The van der Waals surface area contributed by atoms with Crippen LogP contribution in [0.25, 0.3) is 0 Å². The third-order valence-electron chi connectivity index (χ3n) is 3.42. The van der Waals surface area contributed by atoms with Gasteiger partial charge in [-0.25, -0.2) is 0 Å². The fourth-order valence-corrected chi connectivity index (χ4v) is 2.18. The molecule has 0 atom stereocenters. The predicted octanol–water partition coefficient (Wildman–Crippen LogP) is 4.54. The van der Waals surface area contributed by atoms with E-state index in [0.29, 0.717) is 28.3 Å². The topological polar surface area (TPSA) is 55.4 Å². The fraction of sp³-hybridized carbons (Fsp3) is 0. The first-order valence-electron chi connectivity index (χ1n) is 7.45.